The summed E-state index contributed by atoms with van der Waals surface area (Å²) in [7, 11) is 2.93. The van der Waals surface area contributed by atoms with E-state index in [2.05, 4.69) is 15.5 Å². The Balaban J connectivity index is 1.54. The average molecular weight is 473 g/mol. The number of aryl methyl sites for hydroxylation is 1. The van der Waals surface area contributed by atoms with E-state index in [1.165, 1.54) is 55.4 Å². The molecule has 0 atom stereocenters. The zero-order chi connectivity index (χ0) is 23.5. The fraction of sp³-hybridized carbons (Fsp3) is 0.182. The maximum absolute atomic E-state index is 13.2. The summed E-state index contributed by atoms with van der Waals surface area (Å²) in [6.07, 6.45) is 1.25. The number of hydrogen-bond acceptors (Lipinski definition) is 7. The third-order valence-electron chi connectivity index (χ3n) is 4.91. The van der Waals surface area contributed by atoms with Crippen LogP contribution in [0.15, 0.2) is 52.0 Å². The molecule has 170 valence electrons. The smallest absolute Gasteiger partial charge is 0.266 e. The lowest BCUT2D eigenvalue weighted by molar-refractivity contribution is -0.116. The maximum Gasteiger partial charge on any atom is 0.266 e. The summed E-state index contributed by atoms with van der Waals surface area (Å²) in [5.74, 6) is -0.00475. The fourth-order valence-corrected chi connectivity index (χ4v) is 3.48. The molecule has 0 aliphatic heterocycles. The van der Waals surface area contributed by atoms with Gasteiger partial charge >= 0.3 is 0 Å². The Morgan fingerprint density at radius 3 is 2.61 bits per heavy atom. The quantitative estimate of drug-likeness (QED) is 0.434. The summed E-state index contributed by atoms with van der Waals surface area (Å²) in [6, 6.07) is 8.57. The summed E-state index contributed by atoms with van der Waals surface area (Å²) in [6.45, 7) is 0.0495. The summed E-state index contributed by atoms with van der Waals surface area (Å²) in [5, 5.41) is 7.06. The van der Waals surface area contributed by atoms with E-state index in [1.54, 1.807) is 6.07 Å². The highest BCUT2D eigenvalue weighted by molar-refractivity contribution is 6.32. The molecule has 0 aliphatic rings. The predicted octanol–water partition coefficient (Wildman–Crippen LogP) is 3.89. The van der Waals surface area contributed by atoms with Crippen molar-refractivity contribution in [3.05, 3.63) is 63.9 Å². The second-order valence-electron chi connectivity index (χ2n) is 6.95. The van der Waals surface area contributed by atoms with Crippen molar-refractivity contribution in [2.45, 2.75) is 13.0 Å². The van der Waals surface area contributed by atoms with E-state index in [0.29, 0.717) is 27.8 Å². The van der Waals surface area contributed by atoms with Gasteiger partial charge in [0.15, 0.2) is 0 Å². The number of nitrogens with one attached hydrogen (secondary N) is 1. The average Bonchev–Trinajstić information content (AvgIpc) is 3.24. The van der Waals surface area contributed by atoms with Crippen LogP contribution < -0.4 is 20.3 Å². The van der Waals surface area contributed by atoms with Gasteiger partial charge in [-0.05, 0) is 30.3 Å². The zero-order valence-corrected chi connectivity index (χ0v) is 18.4. The van der Waals surface area contributed by atoms with Crippen LogP contribution in [0.4, 0.5) is 10.1 Å². The molecule has 0 unspecified atom stereocenters. The van der Waals surface area contributed by atoms with Gasteiger partial charge < -0.3 is 19.3 Å². The predicted molar refractivity (Wildman–Crippen MR) is 119 cm³/mol. The summed E-state index contributed by atoms with van der Waals surface area (Å²) in [4.78, 5) is 29.6. The molecular formula is C22H18ClFN4O5. The number of benzene rings is 2. The molecule has 4 aromatic rings. The molecule has 0 radical (unpaired) electrons. The molecule has 33 heavy (non-hydrogen) atoms. The third-order valence-corrected chi connectivity index (χ3v) is 5.20. The van der Waals surface area contributed by atoms with Crippen LogP contribution in [-0.2, 0) is 11.3 Å². The summed E-state index contributed by atoms with van der Waals surface area (Å²) < 4.78 is 30.1. The standard InChI is InChI=1S/C22H18ClFN4O5/c1-31-16-10-17(32-2)15(9-14(16)23)26-18(29)7-8-28-11-25-21-19(22(28)30)20(27-33-21)12-3-5-13(24)6-4-12/h3-6,9-11H,7-8H2,1-2H3,(H,26,29). The molecule has 2 aromatic carbocycles. The number of nitrogens with zero attached hydrogens (tertiary/aromatic N) is 3. The number of carbonyl (C=O) groups is 1. The number of rotatable bonds is 7. The molecule has 2 aromatic heterocycles. The Labute approximate surface area is 191 Å². The second-order valence-corrected chi connectivity index (χ2v) is 7.35. The molecule has 4 rings (SSSR count). The lowest BCUT2D eigenvalue weighted by Gasteiger charge is -2.13. The lowest BCUT2D eigenvalue weighted by atomic mass is 10.1. The number of ether oxygens (including phenoxy) is 2. The largest absolute Gasteiger partial charge is 0.495 e. The van der Waals surface area contributed by atoms with Crippen molar-refractivity contribution < 1.29 is 23.2 Å². The third kappa shape index (κ3) is 4.51. The summed E-state index contributed by atoms with van der Waals surface area (Å²) >= 11 is 6.13. The first-order chi connectivity index (χ1) is 15.9. The van der Waals surface area contributed by atoms with Crippen LogP contribution in [-0.4, -0.2) is 34.8 Å². The monoisotopic (exact) mass is 472 g/mol. The number of methoxy groups -OCH3 is 2. The van der Waals surface area contributed by atoms with Gasteiger partial charge in [0, 0.05) is 24.6 Å². The molecule has 1 amide bonds. The van der Waals surface area contributed by atoms with Crippen LogP contribution in [0.1, 0.15) is 6.42 Å². The second kappa shape index (κ2) is 9.29. The Morgan fingerprint density at radius 1 is 1.18 bits per heavy atom. The minimum absolute atomic E-state index is 0.0307. The van der Waals surface area contributed by atoms with Crippen molar-refractivity contribution in [1.29, 1.82) is 0 Å². The van der Waals surface area contributed by atoms with Crippen LogP contribution in [0, 0.1) is 5.82 Å². The van der Waals surface area contributed by atoms with Gasteiger partial charge in [-0.2, -0.15) is 0 Å². The van der Waals surface area contributed by atoms with Crippen molar-refractivity contribution >= 4 is 34.3 Å². The first kappa shape index (κ1) is 22.3. The number of aromatic nitrogens is 3. The minimum Gasteiger partial charge on any atom is -0.495 e. The first-order valence-electron chi connectivity index (χ1n) is 9.73. The molecule has 0 saturated heterocycles. The number of carbonyl (C=O) groups excluding carboxylic acids is 1. The van der Waals surface area contributed by atoms with Gasteiger partial charge in [0.1, 0.15) is 34.7 Å². The maximum atomic E-state index is 13.2. The number of halogens is 2. The molecule has 0 bridgehead atoms. The van der Waals surface area contributed by atoms with Gasteiger partial charge in [0.2, 0.25) is 5.91 Å². The van der Waals surface area contributed by atoms with Gasteiger partial charge in [0.25, 0.3) is 11.3 Å². The van der Waals surface area contributed by atoms with Gasteiger partial charge in [-0.3, -0.25) is 14.2 Å². The van der Waals surface area contributed by atoms with Gasteiger partial charge in [-0.25, -0.2) is 9.37 Å². The Hall–Kier alpha value is -3.92. The van der Waals surface area contributed by atoms with Crippen LogP contribution in [0.25, 0.3) is 22.4 Å². The Morgan fingerprint density at radius 2 is 1.91 bits per heavy atom. The van der Waals surface area contributed by atoms with Gasteiger partial charge in [-0.1, -0.05) is 16.8 Å². The molecule has 0 saturated carbocycles. The number of amides is 1. The Bertz CT molecular complexity index is 1380. The molecule has 2 heterocycles. The normalized spacial score (nSPS) is 10.9. The van der Waals surface area contributed by atoms with Crippen molar-refractivity contribution in [3.63, 3.8) is 0 Å². The fourth-order valence-electron chi connectivity index (χ4n) is 3.24. The van der Waals surface area contributed by atoms with Crippen molar-refractivity contribution in [2.75, 3.05) is 19.5 Å². The zero-order valence-electron chi connectivity index (χ0n) is 17.6. The summed E-state index contributed by atoms with van der Waals surface area (Å²) in [5.41, 5.74) is 0.745. The highest BCUT2D eigenvalue weighted by atomic mass is 35.5. The number of hydrogen-bond donors (Lipinski definition) is 1. The van der Waals surface area contributed by atoms with E-state index in [4.69, 9.17) is 25.6 Å². The van der Waals surface area contributed by atoms with Crippen LogP contribution >= 0.6 is 11.6 Å². The lowest BCUT2D eigenvalue weighted by Crippen LogP contribution is -2.23. The van der Waals surface area contributed by atoms with Crippen molar-refractivity contribution in [3.8, 4) is 22.8 Å². The number of anilines is 1. The van der Waals surface area contributed by atoms with E-state index >= 15 is 0 Å². The highest BCUT2D eigenvalue weighted by Crippen LogP contribution is 2.36. The van der Waals surface area contributed by atoms with E-state index in [0.717, 1.165) is 0 Å². The molecule has 9 nitrogen and oxygen atoms in total. The highest BCUT2D eigenvalue weighted by Gasteiger charge is 2.18. The minimum atomic E-state index is -0.432. The first-order valence-corrected chi connectivity index (χ1v) is 10.1. The van der Waals surface area contributed by atoms with Crippen LogP contribution in [0.2, 0.25) is 5.02 Å². The molecule has 0 fully saturated rings. The molecule has 0 aliphatic carbocycles. The van der Waals surface area contributed by atoms with Crippen LogP contribution in [0.5, 0.6) is 11.5 Å². The van der Waals surface area contributed by atoms with E-state index in [1.807, 2.05) is 0 Å². The van der Waals surface area contributed by atoms with E-state index in [-0.39, 0.29) is 35.7 Å². The Kier molecular flexibility index (Phi) is 6.27. The number of fused-ring (bicyclic) bond motifs is 1. The molecule has 0 spiro atoms. The SMILES string of the molecule is COc1cc(OC)c(NC(=O)CCn2cnc3onc(-c4ccc(F)cc4)c3c2=O)cc1Cl. The van der Waals surface area contributed by atoms with Crippen molar-refractivity contribution in [1.82, 2.24) is 14.7 Å². The molecular weight excluding hydrogens is 455 g/mol. The topological polar surface area (TPSA) is 108 Å². The van der Waals surface area contributed by atoms with Crippen molar-refractivity contribution in [2.24, 2.45) is 0 Å². The van der Waals surface area contributed by atoms with E-state index in [9.17, 15) is 14.0 Å². The van der Waals surface area contributed by atoms with Gasteiger partial charge in [-0.15, -0.1) is 0 Å². The van der Waals surface area contributed by atoms with Gasteiger partial charge in [0.05, 0.1) is 24.9 Å². The van der Waals surface area contributed by atoms with Crippen LogP contribution in [0.3, 0.4) is 0 Å². The molecule has 11 heteroatoms. The molecule has 1 N–H and O–H groups in total. The van der Waals surface area contributed by atoms with E-state index < -0.39 is 11.4 Å².